The Labute approximate surface area is 133 Å². The van der Waals surface area contributed by atoms with Gasteiger partial charge in [-0.1, -0.05) is 17.7 Å². The van der Waals surface area contributed by atoms with Crippen LogP contribution in [0.15, 0.2) is 41.3 Å². The maximum atomic E-state index is 12.4. The molecule has 0 saturated heterocycles. The fourth-order valence-corrected chi connectivity index (χ4v) is 3.43. The molecule has 116 valence electrons. The Hall–Kier alpha value is -2.05. The molecule has 0 aliphatic heterocycles. The van der Waals surface area contributed by atoms with Crippen molar-refractivity contribution in [1.82, 2.24) is 0 Å². The molecule has 5 nitrogen and oxygen atoms in total. The van der Waals surface area contributed by atoms with Gasteiger partial charge in [0.05, 0.1) is 10.6 Å². The smallest absolute Gasteiger partial charge is 0.335 e. The van der Waals surface area contributed by atoms with Crippen LogP contribution < -0.4 is 4.72 Å². The van der Waals surface area contributed by atoms with Gasteiger partial charge in [0.2, 0.25) is 0 Å². The highest BCUT2D eigenvalue weighted by atomic mass is 35.5. The zero-order valence-electron chi connectivity index (χ0n) is 11.9. The lowest BCUT2D eigenvalue weighted by atomic mass is 10.1. The number of nitrogens with one attached hydrogen (secondary N) is 1. The van der Waals surface area contributed by atoms with Crippen LogP contribution in [0.3, 0.4) is 0 Å². The summed E-state index contributed by atoms with van der Waals surface area (Å²) >= 11 is 5.90. The van der Waals surface area contributed by atoms with Crippen molar-refractivity contribution in [3.63, 3.8) is 0 Å². The molecule has 0 heterocycles. The summed E-state index contributed by atoms with van der Waals surface area (Å²) < 4.78 is 27.2. The highest BCUT2D eigenvalue weighted by molar-refractivity contribution is 7.92. The number of hydrogen-bond donors (Lipinski definition) is 2. The number of carboxylic acids is 1. The van der Waals surface area contributed by atoms with E-state index >= 15 is 0 Å². The van der Waals surface area contributed by atoms with Crippen LogP contribution in [0.25, 0.3) is 0 Å². The lowest BCUT2D eigenvalue weighted by Crippen LogP contribution is -2.14. The summed E-state index contributed by atoms with van der Waals surface area (Å²) in [6.07, 6.45) is 0. The molecule has 0 aliphatic carbocycles. The minimum Gasteiger partial charge on any atom is -0.478 e. The molecule has 2 rings (SSSR count). The Morgan fingerprint density at radius 1 is 1.09 bits per heavy atom. The van der Waals surface area contributed by atoms with E-state index in [-0.39, 0.29) is 15.5 Å². The van der Waals surface area contributed by atoms with Gasteiger partial charge in [0.1, 0.15) is 4.90 Å². The molecule has 0 bridgehead atoms. The summed E-state index contributed by atoms with van der Waals surface area (Å²) in [5.74, 6) is -1.22. The normalized spacial score (nSPS) is 11.2. The molecule has 0 amide bonds. The van der Waals surface area contributed by atoms with E-state index in [1.165, 1.54) is 12.1 Å². The maximum Gasteiger partial charge on any atom is 0.335 e. The van der Waals surface area contributed by atoms with E-state index in [2.05, 4.69) is 4.72 Å². The number of carbonyl (C=O) groups is 1. The molecule has 0 aliphatic rings. The molecule has 22 heavy (non-hydrogen) atoms. The lowest BCUT2D eigenvalue weighted by molar-refractivity contribution is 0.0696. The third kappa shape index (κ3) is 3.40. The van der Waals surface area contributed by atoms with Crippen molar-refractivity contribution >= 4 is 33.3 Å². The third-order valence-electron chi connectivity index (χ3n) is 3.23. The van der Waals surface area contributed by atoms with Crippen molar-refractivity contribution in [1.29, 1.82) is 0 Å². The van der Waals surface area contributed by atoms with E-state index in [1.54, 1.807) is 18.2 Å². The van der Waals surface area contributed by atoms with Gasteiger partial charge in [-0.2, -0.15) is 0 Å². The minimum absolute atomic E-state index is 0.0404. The Morgan fingerprint density at radius 2 is 1.77 bits per heavy atom. The average molecular weight is 340 g/mol. The minimum atomic E-state index is -3.97. The van der Waals surface area contributed by atoms with Crippen LogP contribution in [0.5, 0.6) is 0 Å². The number of anilines is 1. The number of hydrogen-bond acceptors (Lipinski definition) is 3. The number of aryl methyl sites for hydroxylation is 2. The summed E-state index contributed by atoms with van der Waals surface area (Å²) in [7, 11) is -3.97. The molecule has 0 fully saturated rings. The molecule has 0 radical (unpaired) electrons. The van der Waals surface area contributed by atoms with Gasteiger partial charge in [0.25, 0.3) is 10.0 Å². The molecule has 0 unspecified atom stereocenters. The van der Waals surface area contributed by atoms with E-state index in [0.717, 1.165) is 17.2 Å². The quantitative estimate of drug-likeness (QED) is 0.893. The predicted octanol–water partition coefficient (Wildman–Crippen LogP) is 3.46. The van der Waals surface area contributed by atoms with Crippen molar-refractivity contribution in [3.8, 4) is 0 Å². The molecule has 2 N–H and O–H groups in total. The lowest BCUT2D eigenvalue weighted by Gasteiger charge is -2.11. The first kappa shape index (κ1) is 16.3. The first-order valence-electron chi connectivity index (χ1n) is 6.33. The second-order valence-electron chi connectivity index (χ2n) is 4.85. The molecule has 2 aromatic rings. The van der Waals surface area contributed by atoms with Gasteiger partial charge in [-0.25, -0.2) is 13.2 Å². The number of aromatic carboxylic acids is 1. The van der Waals surface area contributed by atoms with Crippen molar-refractivity contribution in [2.24, 2.45) is 0 Å². The van der Waals surface area contributed by atoms with Crippen LogP contribution >= 0.6 is 11.6 Å². The SMILES string of the molecule is Cc1ccc(NS(=O)(=O)c2cc(C(=O)O)ccc2Cl)cc1C. The number of carboxylic acid groups (broad SMARTS) is 1. The monoisotopic (exact) mass is 339 g/mol. The Balaban J connectivity index is 2.44. The van der Waals surface area contributed by atoms with Gasteiger partial charge < -0.3 is 5.11 Å². The highest BCUT2D eigenvalue weighted by Gasteiger charge is 2.20. The van der Waals surface area contributed by atoms with Gasteiger partial charge in [-0.05, 0) is 55.3 Å². The summed E-state index contributed by atoms with van der Waals surface area (Å²) in [4.78, 5) is 10.7. The van der Waals surface area contributed by atoms with Crippen LogP contribution in [-0.2, 0) is 10.0 Å². The molecule has 0 atom stereocenters. The van der Waals surface area contributed by atoms with Gasteiger partial charge in [-0.15, -0.1) is 0 Å². The zero-order valence-corrected chi connectivity index (χ0v) is 13.5. The second kappa shape index (κ2) is 5.98. The average Bonchev–Trinajstić information content (AvgIpc) is 2.42. The summed E-state index contributed by atoms with van der Waals surface area (Å²) in [5.41, 5.74) is 2.21. The summed E-state index contributed by atoms with van der Waals surface area (Å²) in [6, 6.07) is 8.66. The third-order valence-corrected chi connectivity index (χ3v) is 5.09. The van der Waals surface area contributed by atoms with Crippen molar-refractivity contribution in [2.45, 2.75) is 18.7 Å². The van der Waals surface area contributed by atoms with Gasteiger partial charge in [0.15, 0.2) is 0 Å². The Bertz CT molecular complexity index is 847. The van der Waals surface area contributed by atoms with E-state index in [4.69, 9.17) is 16.7 Å². The summed E-state index contributed by atoms with van der Waals surface area (Å²) in [5, 5.41) is 8.92. The maximum absolute atomic E-state index is 12.4. The number of benzene rings is 2. The topological polar surface area (TPSA) is 83.5 Å². The van der Waals surface area contributed by atoms with E-state index < -0.39 is 16.0 Å². The van der Waals surface area contributed by atoms with Crippen LogP contribution in [-0.4, -0.2) is 19.5 Å². The molecular weight excluding hydrogens is 326 g/mol. The standard InChI is InChI=1S/C15H14ClNO4S/c1-9-3-5-12(7-10(9)2)17-22(20,21)14-8-11(15(18)19)4-6-13(14)16/h3-8,17H,1-2H3,(H,18,19). The van der Waals surface area contributed by atoms with Crippen LogP contribution in [0.4, 0.5) is 5.69 Å². The van der Waals surface area contributed by atoms with Gasteiger partial charge in [-0.3, -0.25) is 4.72 Å². The van der Waals surface area contributed by atoms with Crippen LogP contribution in [0, 0.1) is 13.8 Å². The molecular formula is C15H14ClNO4S. The number of sulfonamides is 1. The first-order valence-corrected chi connectivity index (χ1v) is 8.20. The fourth-order valence-electron chi connectivity index (χ4n) is 1.86. The Morgan fingerprint density at radius 3 is 2.36 bits per heavy atom. The Kier molecular flexibility index (Phi) is 4.44. The highest BCUT2D eigenvalue weighted by Crippen LogP contribution is 2.25. The molecule has 0 saturated carbocycles. The van der Waals surface area contributed by atoms with Crippen molar-refractivity contribution in [3.05, 3.63) is 58.1 Å². The summed E-state index contributed by atoms with van der Waals surface area (Å²) in [6.45, 7) is 3.78. The second-order valence-corrected chi connectivity index (χ2v) is 6.91. The predicted molar refractivity (Wildman–Crippen MR) is 85.1 cm³/mol. The van der Waals surface area contributed by atoms with E-state index in [9.17, 15) is 13.2 Å². The van der Waals surface area contributed by atoms with Gasteiger partial charge in [0, 0.05) is 5.69 Å². The van der Waals surface area contributed by atoms with Gasteiger partial charge >= 0.3 is 5.97 Å². The zero-order chi connectivity index (χ0) is 16.5. The molecule has 2 aromatic carbocycles. The number of halogens is 1. The molecule has 0 aromatic heterocycles. The molecule has 0 spiro atoms. The van der Waals surface area contributed by atoms with Crippen molar-refractivity contribution in [2.75, 3.05) is 4.72 Å². The van der Waals surface area contributed by atoms with Crippen molar-refractivity contribution < 1.29 is 18.3 Å². The molecule has 7 heteroatoms. The van der Waals surface area contributed by atoms with Crippen LogP contribution in [0.1, 0.15) is 21.5 Å². The number of rotatable bonds is 4. The largest absolute Gasteiger partial charge is 0.478 e. The first-order chi connectivity index (χ1) is 10.2. The van der Waals surface area contributed by atoms with E-state index in [1.807, 2.05) is 13.8 Å². The van der Waals surface area contributed by atoms with Crippen LogP contribution in [0.2, 0.25) is 5.02 Å². The van der Waals surface area contributed by atoms with E-state index in [0.29, 0.717) is 5.69 Å². The fraction of sp³-hybridized carbons (Fsp3) is 0.133.